The predicted molar refractivity (Wildman–Crippen MR) is 89.2 cm³/mol. The van der Waals surface area contributed by atoms with Crippen molar-refractivity contribution in [1.29, 1.82) is 5.26 Å². The Morgan fingerprint density at radius 3 is 3.00 bits per heavy atom. The van der Waals surface area contributed by atoms with Crippen molar-refractivity contribution in [2.75, 3.05) is 0 Å². The number of aromatic amines is 2. The molecule has 0 bridgehead atoms. The molecule has 1 aliphatic rings. The van der Waals surface area contributed by atoms with Crippen molar-refractivity contribution < 1.29 is 0 Å². The number of hydrogen-bond acceptors (Lipinski definition) is 4. The van der Waals surface area contributed by atoms with Crippen LogP contribution in [0.15, 0.2) is 29.6 Å². The smallest absolute Gasteiger partial charge is 0.273 e. The van der Waals surface area contributed by atoms with Crippen LogP contribution in [0.1, 0.15) is 38.1 Å². The molecule has 0 saturated heterocycles. The van der Waals surface area contributed by atoms with Gasteiger partial charge in [0.25, 0.3) is 5.56 Å². The van der Waals surface area contributed by atoms with Crippen LogP contribution in [-0.4, -0.2) is 24.7 Å². The van der Waals surface area contributed by atoms with Gasteiger partial charge in [0.1, 0.15) is 12.0 Å². The van der Waals surface area contributed by atoms with Gasteiger partial charge >= 0.3 is 0 Å². The summed E-state index contributed by atoms with van der Waals surface area (Å²) in [6.45, 7) is 0. The van der Waals surface area contributed by atoms with Crippen molar-refractivity contribution in [3.63, 3.8) is 0 Å². The number of H-pyrrole nitrogens is 2. The monoisotopic (exact) mass is 322 g/mol. The first-order chi connectivity index (χ1) is 11.8. The highest BCUT2D eigenvalue weighted by atomic mass is 16.1. The number of nitriles is 1. The third-order valence-electron chi connectivity index (χ3n) is 4.95. The van der Waals surface area contributed by atoms with E-state index in [1.807, 2.05) is 10.7 Å². The first-order valence-electron chi connectivity index (χ1n) is 8.24. The van der Waals surface area contributed by atoms with Gasteiger partial charge in [-0.05, 0) is 24.8 Å². The zero-order valence-electron chi connectivity index (χ0n) is 13.2. The lowest BCUT2D eigenvalue weighted by Gasteiger charge is -2.21. The molecular weight excluding hydrogens is 304 g/mol. The molecule has 4 rings (SSSR count). The minimum absolute atomic E-state index is 0.0162. The molecule has 2 N–H and O–H groups in total. The van der Waals surface area contributed by atoms with Gasteiger partial charge in [-0.1, -0.05) is 12.8 Å². The van der Waals surface area contributed by atoms with Gasteiger partial charge in [-0.3, -0.25) is 14.6 Å². The van der Waals surface area contributed by atoms with Gasteiger partial charge in [0.2, 0.25) is 0 Å². The topological polar surface area (TPSA) is 103 Å². The molecule has 0 spiro atoms. The Morgan fingerprint density at radius 2 is 2.21 bits per heavy atom. The molecule has 1 saturated carbocycles. The van der Waals surface area contributed by atoms with Gasteiger partial charge in [-0.25, -0.2) is 9.97 Å². The normalized spacial score (nSPS) is 16.5. The predicted octanol–water partition coefficient (Wildman–Crippen LogP) is 2.76. The average molecular weight is 322 g/mol. The molecule has 3 aromatic rings. The van der Waals surface area contributed by atoms with Crippen LogP contribution in [0.25, 0.3) is 22.3 Å². The fourth-order valence-corrected chi connectivity index (χ4v) is 3.77. The lowest BCUT2D eigenvalue weighted by atomic mass is 9.96. The van der Waals surface area contributed by atoms with Crippen LogP contribution in [0.3, 0.4) is 0 Å². The van der Waals surface area contributed by atoms with E-state index >= 15 is 0 Å². The van der Waals surface area contributed by atoms with Gasteiger partial charge in [0.15, 0.2) is 0 Å². The molecule has 1 aliphatic carbocycles. The molecule has 122 valence electrons. The van der Waals surface area contributed by atoms with E-state index in [9.17, 15) is 10.1 Å². The Kier molecular flexibility index (Phi) is 3.65. The fourth-order valence-electron chi connectivity index (χ4n) is 3.77. The minimum atomic E-state index is -0.183. The Hall–Kier alpha value is -2.88. The van der Waals surface area contributed by atoms with Crippen molar-refractivity contribution in [2.45, 2.75) is 38.1 Å². The number of hydrogen-bond donors (Lipinski definition) is 2. The number of rotatable bonds is 4. The van der Waals surface area contributed by atoms with Crippen molar-refractivity contribution in [3.8, 4) is 17.3 Å². The Labute approximate surface area is 138 Å². The molecule has 1 unspecified atom stereocenters. The molecule has 0 aromatic carbocycles. The van der Waals surface area contributed by atoms with Gasteiger partial charge in [0, 0.05) is 17.8 Å². The zero-order chi connectivity index (χ0) is 16.5. The van der Waals surface area contributed by atoms with Crippen molar-refractivity contribution in [1.82, 2.24) is 24.7 Å². The molecule has 0 amide bonds. The van der Waals surface area contributed by atoms with E-state index in [2.05, 4.69) is 26.1 Å². The van der Waals surface area contributed by atoms with E-state index in [1.54, 1.807) is 12.4 Å². The van der Waals surface area contributed by atoms with Crippen LogP contribution in [0.2, 0.25) is 0 Å². The first kappa shape index (κ1) is 14.7. The summed E-state index contributed by atoms with van der Waals surface area (Å²) in [4.78, 5) is 24.0. The Balaban J connectivity index is 1.78. The van der Waals surface area contributed by atoms with Crippen molar-refractivity contribution >= 4 is 11.0 Å². The molecule has 3 aromatic heterocycles. The van der Waals surface area contributed by atoms with Crippen LogP contribution in [-0.2, 0) is 0 Å². The second kappa shape index (κ2) is 5.96. The molecular formula is C17H18N6O. The van der Waals surface area contributed by atoms with Crippen LogP contribution >= 0.6 is 0 Å². The standard InChI is InChI=1S/C17H18N6O/c18-7-5-14(11-3-1-2-4-11)23-9-13(17(24)22-23)15-12-6-8-19-16(12)21-10-20-15/h6,8-11,14H,1-5H2,(H,22,24)(H,19,20,21). The van der Waals surface area contributed by atoms with E-state index in [4.69, 9.17) is 0 Å². The van der Waals surface area contributed by atoms with Gasteiger partial charge < -0.3 is 4.98 Å². The minimum Gasteiger partial charge on any atom is -0.346 e. The summed E-state index contributed by atoms with van der Waals surface area (Å²) in [6, 6.07) is 4.15. The summed E-state index contributed by atoms with van der Waals surface area (Å²) < 4.78 is 1.82. The Bertz CT molecular complexity index is 953. The molecule has 24 heavy (non-hydrogen) atoms. The van der Waals surface area contributed by atoms with Crippen LogP contribution < -0.4 is 5.56 Å². The molecule has 1 atom stereocenters. The van der Waals surface area contributed by atoms with Gasteiger partial charge in [0.05, 0.1) is 29.8 Å². The fraction of sp³-hybridized carbons (Fsp3) is 0.412. The number of nitrogens with one attached hydrogen (secondary N) is 2. The average Bonchev–Trinajstić information content (AvgIpc) is 3.32. The second-order valence-corrected chi connectivity index (χ2v) is 6.33. The van der Waals surface area contributed by atoms with Gasteiger partial charge in [-0.15, -0.1) is 0 Å². The first-order valence-corrected chi connectivity index (χ1v) is 8.24. The van der Waals surface area contributed by atoms with E-state index in [1.165, 1.54) is 19.2 Å². The lowest BCUT2D eigenvalue weighted by Crippen LogP contribution is -2.19. The molecule has 0 radical (unpaired) electrons. The summed E-state index contributed by atoms with van der Waals surface area (Å²) in [7, 11) is 0. The van der Waals surface area contributed by atoms with Crippen LogP contribution in [0, 0.1) is 17.2 Å². The van der Waals surface area contributed by atoms with Crippen LogP contribution in [0.4, 0.5) is 0 Å². The summed E-state index contributed by atoms with van der Waals surface area (Å²) in [5.74, 6) is 0.443. The summed E-state index contributed by atoms with van der Waals surface area (Å²) in [6.07, 6.45) is 10.0. The maximum Gasteiger partial charge on any atom is 0.273 e. The van der Waals surface area contributed by atoms with Crippen LogP contribution in [0.5, 0.6) is 0 Å². The highest BCUT2D eigenvalue weighted by molar-refractivity contribution is 5.89. The SMILES string of the molecule is N#CCC(C1CCCC1)n1cc(-c2ncnc3[nH]ccc23)c(=O)[nH]1. The van der Waals surface area contributed by atoms with E-state index in [0.29, 0.717) is 29.2 Å². The van der Waals surface area contributed by atoms with E-state index < -0.39 is 0 Å². The highest BCUT2D eigenvalue weighted by Crippen LogP contribution is 2.36. The second-order valence-electron chi connectivity index (χ2n) is 6.33. The van der Waals surface area contributed by atoms with Gasteiger partial charge in [-0.2, -0.15) is 5.26 Å². The summed E-state index contributed by atoms with van der Waals surface area (Å²) >= 11 is 0. The van der Waals surface area contributed by atoms with Crippen molar-refractivity contribution in [3.05, 3.63) is 35.1 Å². The largest absolute Gasteiger partial charge is 0.346 e. The van der Waals surface area contributed by atoms with Crippen molar-refractivity contribution in [2.24, 2.45) is 5.92 Å². The summed E-state index contributed by atoms with van der Waals surface area (Å²) in [5, 5.41) is 12.9. The maximum absolute atomic E-state index is 12.5. The lowest BCUT2D eigenvalue weighted by molar-refractivity contribution is 0.313. The summed E-state index contributed by atoms with van der Waals surface area (Å²) in [5.41, 5.74) is 1.65. The van der Waals surface area contributed by atoms with E-state index in [0.717, 1.165) is 18.2 Å². The number of nitrogens with zero attached hydrogens (tertiary/aromatic N) is 4. The molecule has 1 fully saturated rings. The Morgan fingerprint density at radius 1 is 1.38 bits per heavy atom. The third-order valence-corrected chi connectivity index (χ3v) is 4.95. The number of fused-ring (bicyclic) bond motifs is 1. The number of aromatic nitrogens is 5. The quantitative estimate of drug-likeness (QED) is 0.770. The maximum atomic E-state index is 12.5. The molecule has 0 aliphatic heterocycles. The van der Waals surface area contributed by atoms with E-state index in [-0.39, 0.29) is 11.6 Å². The third kappa shape index (κ3) is 2.40. The zero-order valence-corrected chi connectivity index (χ0v) is 13.2. The highest BCUT2D eigenvalue weighted by Gasteiger charge is 2.27. The molecule has 7 nitrogen and oxygen atoms in total. The molecule has 7 heteroatoms. The molecule has 3 heterocycles.